The molecule has 1 aromatic rings. The minimum absolute atomic E-state index is 0.0184. The molecule has 0 atom stereocenters. The van der Waals surface area contributed by atoms with Crippen molar-refractivity contribution in [1.82, 2.24) is 5.06 Å². The predicted molar refractivity (Wildman–Crippen MR) is 49.7 cm³/mol. The van der Waals surface area contributed by atoms with Crippen LogP contribution in [0, 0.1) is 0 Å². The Balaban J connectivity index is 2.63. The smallest absolute Gasteiger partial charge is 0.288 e. The van der Waals surface area contributed by atoms with Crippen LogP contribution in [0.1, 0.15) is 5.56 Å². The van der Waals surface area contributed by atoms with E-state index in [0.29, 0.717) is 5.06 Å². The summed E-state index contributed by atoms with van der Waals surface area (Å²) in [6.45, 7) is 0. The third-order valence-electron chi connectivity index (χ3n) is 1.74. The van der Waals surface area contributed by atoms with Gasteiger partial charge in [-0.1, -0.05) is 30.3 Å². The Bertz CT molecular complexity index is 332. The highest BCUT2D eigenvalue weighted by Gasteiger charge is 2.16. The molecule has 0 saturated carbocycles. The maximum Gasteiger partial charge on any atom is 0.313 e. The second kappa shape index (κ2) is 4.53. The zero-order valence-corrected chi connectivity index (χ0v) is 7.80. The van der Waals surface area contributed by atoms with Crippen LogP contribution < -0.4 is 0 Å². The summed E-state index contributed by atoms with van der Waals surface area (Å²) >= 11 is 0. The molecule has 0 unspecified atom stereocenters. The first-order valence-corrected chi connectivity index (χ1v) is 4.15. The fourth-order valence-electron chi connectivity index (χ4n) is 1.04. The largest absolute Gasteiger partial charge is 0.313 e. The van der Waals surface area contributed by atoms with Crippen LogP contribution in [-0.4, -0.2) is 29.0 Å². The van der Waals surface area contributed by atoms with E-state index in [1.165, 1.54) is 0 Å². The van der Waals surface area contributed by atoms with E-state index in [-0.39, 0.29) is 6.42 Å². The highest BCUT2D eigenvalue weighted by Crippen LogP contribution is 2.00. The number of hydroxylamine groups is 2. The van der Waals surface area contributed by atoms with Gasteiger partial charge in [-0.15, -0.1) is 0 Å². The SMILES string of the molecule is CN(O)C(=O)C(=O)Cc1ccccc1. The van der Waals surface area contributed by atoms with Gasteiger partial charge in [-0.25, -0.2) is 5.06 Å². The second-order valence-corrected chi connectivity index (χ2v) is 2.91. The molecule has 0 aromatic heterocycles. The first kappa shape index (κ1) is 10.4. The summed E-state index contributed by atoms with van der Waals surface area (Å²) in [6, 6.07) is 8.91. The van der Waals surface area contributed by atoms with Crippen LogP contribution in [-0.2, 0) is 16.0 Å². The van der Waals surface area contributed by atoms with Crippen molar-refractivity contribution in [3.8, 4) is 0 Å². The summed E-state index contributed by atoms with van der Waals surface area (Å²) in [5.41, 5.74) is 0.757. The monoisotopic (exact) mass is 193 g/mol. The molecule has 4 heteroatoms. The van der Waals surface area contributed by atoms with Crippen LogP contribution in [0.5, 0.6) is 0 Å². The Kier molecular flexibility index (Phi) is 3.36. The minimum atomic E-state index is -0.895. The minimum Gasteiger partial charge on any atom is -0.288 e. The molecule has 0 heterocycles. The molecule has 0 aliphatic rings. The number of hydrogen-bond donors (Lipinski definition) is 1. The van der Waals surface area contributed by atoms with Gasteiger partial charge in [0, 0.05) is 13.5 Å². The molecular formula is C10H11NO3. The lowest BCUT2D eigenvalue weighted by molar-refractivity contribution is -0.165. The first-order valence-electron chi connectivity index (χ1n) is 4.15. The molecule has 1 rings (SSSR count). The van der Waals surface area contributed by atoms with Crippen molar-refractivity contribution >= 4 is 11.7 Å². The summed E-state index contributed by atoms with van der Waals surface area (Å²) in [6.07, 6.45) is 0.0184. The average molecular weight is 193 g/mol. The van der Waals surface area contributed by atoms with Gasteiger partial charge in [0.25, 0.3) is 0 Å². The van der Waals surface area contributed by atoms with Crippen molar-refractivity contribution in [1.29, 1.82) is 0 Å². The maximum atomic E-state index is 11.2. The van der Waals surface area contributed by atoms with E-state index >= 15 is 0 Å². The fourth-order valence-corrected chi connectivity index (χ4v) is 1.04. The van der Waals surface area contributed by atoms with Gasteiger partial charge in [0.15, 0.2) is 0 Å². The fraction of sp³-hybridized carbons (Fsp3) is 0.200. The molecule has 1 N–H and O–H groups in total. The molecule has 0 fully saturated rings. The lowest BCUT2D eigenvalue weighted by atomic mass is 10.1. The van der Waals surface area contributed by atoms with Gasteiger partial charge in [0.1, 0.15) is 0 Å². The normalized spacial score (nSPS) is 9.57. The van der Waals surface area contributed by atoms with E-state index in [0.717, 1.165) is 12.6 Å². The molecule has 74 valence electrons. The summed E-state index contributed by atoms with van der Waals surface area (Å²) < 4.78 is 0. The Labute approximate surface area is 81.7 Å². The van der Waals surface area contributed by atoms with Gasteiger partial charge in [-0.2, -0.15) is 0 Å². The van der Waals surface area contributed by atoms with Gasteiger partial charge in [0.2, 0.25) is 5.78 Å². The van der Waals surface area contributed by atoms with Gasteiger partial charge >= 0.3 is 5.91 Å². The Morgan fingerprint density at radius 2 is 1.86 bits per heavy atom. The topological polar surface area (TPSA) is 57.6 Å². The highest BCUT2D eigenvalue weighted by atomic mass is 16.5. The van der Waals surface area contributed by atoms with Crippen LogP contribution in [0.4, 0.5) is 0 Å². The van der Waals surface area contributed by atoms with E-state index in [9.17, 15) is 9.59 Å². The van der Waals surface area contributed by atoms with E-state index in [4.69, 9.17) is 5.21 Å². The summed E-state index contributed by atoms with van der Waals surface area (Å²) in [5.74, 6) is -1.52. The summed E-state index contributed by atoms with van der Waals surface area (Å²) in [4.78, 5) is 22.2. The first-order chi connectivity index (χ1) is 6.61. The highest BCUT2D eigenvalue weighted by molar-refractivity contribution is 6.36. The van der Waals surface area contributed by atoms with Crippen LogP contribution in [0.25, 0.3) is 0 Å². The molecular weight excluding hydrogens is 182 g/mol. The van der Waals surface area contributed by atoms with Crippen molar-refractivity contribution in [2.75, 3.05) is 7.05 Å². The number of likely N-dealkylation sites (N-methyl/N-ethyl adjacent to an activating group) is 1. The van der Waals surface area contributed by atoms with Crippen molar-refractivity contribution in [3.63, 3.8) is 0 Å². The van der Waals surface area contributed by atoms with Gasteiger partial charge < -0.3 is 0 Å². The lowest BCUT2D eigenvalue weighted by Crippen LogP contribution is -2.31. The number of amides is 1. The molecule has 0 radical (unpaired) electrons. The molecule has 0 bridgehead atoms. The van der Waals surface area contributed by atoms with Crippen LogP contribution in [0.2, 0.25) is 0 Å². The van der Waals surface area contributed by atoms with Crippen molar-refractivity contribution in [2.45, 2.75) is 6.42 Å². The molecule has 0 aliphatic heterocycles. The number of Topliss-reactive ketones (excluding diaryl/α,β-unsaturated/α-hetero) is 1. The quantitative estimate of drug-likeness (QED) is 0.435. The van der Waals surface area contributed by atoms with Crippen molar-refractivity contribution in [2.24, 2.45) is 0 Å². The molecule has 4 nitrogen and oxygen atoms in total. The summed E-state index contributed by atoms with van der Waals surface area (Å²) in [7, 11) is 1.13. The zero-order valence-electron chi connectivity index (χ0n) is 7.80. The number of benzene rings is 1. The van der Waals surface area contributed by atoms with Gasteiger partial charge in [0.05, 0.1) is 0 Å². The molecule has 14 heavy (non-hydrogen) atoms. The number of nitrogens with zero attached hydrogens (tertiary/aromatic N) is 1. The molecule has 0 aliphatic carbocycles. The van der Waals surface area contributed by atoms with E-state index in [1.54, 1.807) is 24.3 Å². The van der Waals surface area contributed by atoms with Gasteiger partial charge in [-0.3, -0.25) is 14.8 Å². The Morgan fingerprint density at radius 1 is 1.29 bits per heavy atom. The van der Waals surface area contributed by atoms with E-state index < -0.39 is 11.7 Å². The summed E-state index contributed by atoms with van der Waals surface area (Å²) in [5, 5.41) is 9.03. The maximum absolute atomic E-state index is 11.2. The van der Waals surface area contributed by atoms with E-state index in [1.807, 2.05) is 6.07 Å². The average Bonchev–Trinajstić information content (AvgIpc) is 2.18. The molecule has 0 spiro atoms. The third kappa shape index (κ3) is 2.67. The molecule has 0 saturated heterocycles. The van der Waals surface area contributed by atoms with Crippen LogP contribution >= 0.6 is 0 Å². The number of carbonyl (C=O) groups is 2. The number of rotatable bonds is 3. The van der Waals surface area contributed by atoms with Gasteiger partial charge in [-0.05, 0) is 5.56 Å². The third-order valence-corrected chi connectivity index (χ3v) is 1.74. The molecule has 1 aromatic carbocycles. The standard InChI is InChI=1S/C10H11NO3/c1-11(14)10(13)9(12)7-8-5-3-2-4-6-8/h2-6,14H,7H2,1H3. The lowest BCUT2D eigenvalue weighted by Gasteiger charge is -2.06. The zero-order chi connectivity index (χ0) is 10.6. The van der Waals surface area contributed by atoms with Crippen molar-refractivity contribution in [3.05, 3.63) is 35.9 Å². The van der Waals surface area contributed by atoms with Crippen LogP contribution in [0.3, 0.4) is 0 Å². The number of ketones is 1. The van der Waals surface area contributed by atoms with Crippen LogP contribution in [0.15, 0.2) is 30.3 Å². The number of hydrogen-bond acceptors (Lipinski definition) is 3. The Morgan fingerprint density at radius 3 is 2.36 bits per heavy atom. The molecule has 1 amide bonds. The second-order valence-electron chi connectivity index (χ2n) is 2.91. The van der Waals surface area contributed by atoms with Crippen molar-refractivity contribution < 1.29 is 14.8 Å². The Hall–Kier alpha value is -1.68. The number of carbonyl (C=O) groups excluding carboxylic acids is 2. The van der Waals surface area contributed by atoms with E-state index in [2.05, 4.69) is 0 Å². The predicted octanol–water partition coefficient (Wildman–Crippen LogP) is 0.646.